The molecule has 2 aliphatic heterocycles. The van der Waals surface area contributed by atoms with Gasteiger partial charge in [0.15, 0.2) is 17.8 Å². The molecule has 2 saturated carbocycles. The second kappa shape index (κ2) is 23.8. The van der Waals surface area contributed by atoms with Crippen LogP contribution >= 0.6 is 21.6 Å². The summed E-state index contributed by atoms with van der Waals surface area (Å²) in [6, 6.07) is 3.59. The molecule has 1 amide bonds. The van der Waals surface area contributed by atoms with E-state index >= 15 is 9.59 Å². The van der Waals surface area contributed by atoms with E-state index < -0.39 is 121 Å². The van der Waals surface area contributed by atoms with E-state index in [0.29, 0.717) is 23.3 Å². The number of hydrogen-bond acceptors (Lipinski definition) is 18. The van der Waals surface area contributed by atoms with Crippen molar-refractivity contribution in [3.63, 3.8) is 0 Å². The molecule has 17 nitrogen and oxygen atoms in total. The zero-order chi connectivity index (χ0) is 59.3. The number of nitrogens with one attached hydrogen (secondary N) is 1. The van der Waals surface area contributed by atoms with Crippen molar-refractivity contribution in [3.8, 4) is 11.5 Å². The highest BCUT2D eigenvalue weighted by atomic mass is 33.1. The first-order valence-electron chi connectivity index (χ1n) is 27.8. The second-order valence-electron chi connectivity index (χ2n) is 25.8. The lowest BCUT2D eigenvalue weighted by Crippen LogP contribution is -2.86. The predicted octanol–water partition coefficient (Wildman–Crippen LogP) is 11.0. The van der Waals surface area contributed by atoms with Crippen LogP contribution in [0.2, 0.25) is 16.6 Å². The average molecular weight is 1160 g/mol. The van der Waals surface area contributed by atoms with E-state index in [-0.39, 0.29) is 58.6 Å². The summed E-state index contributed by atoms with van der Waals surface area (Å²) >= 11 is 0. The molecule has 20 heteroatoms. The number of allylic oxidation sites excluding steroid dienone is 1. The third-order valence-corrected chi connectivity index (χ3v) is 26.3. The molecule has 4 fully saturated rings. The van der Waals surface area contributed by atoms with E-state index in [4.69, 9.17) is 47.1 Å². The predicted molar refractivity (Wildman–Crippen MR) is 307 cm³/mol. The minimum Gasteiger partial charge on any atom is -0.497 e. The highest BCUT2D eigenvalue weighted by molar-refractivity contribution is 8.76. The molecule has 6 rings (SSSR count). The molecule has 0 spiro atoms. The van der Waals surface area contributed by atoms with Crippen molar-refractivity contribution < 1.29 is 76.1 Å². The Labute approximate surface area is 478 Å². The van der Waals surface area contributed by atoms with Crippen molar-refractivity contribution in [2.24, 2.45) is 16.7 Å². The number of amides is 1. The van der Waals surface area contributed by atoms with Crippen molar-refractivity contribution in [2.75, 3.05) is 27.1 Å². The van der Waals surface area contributed by atoms with Gasteiger partial charge in [-0.1, -0.05) is 95.6 Å². The minimum atomic E-state index is -3.01. The van der Waals surface area contributed by atoms with E-state index in [1.54, 1.807) is 81.3 Å². The highest BCUT2D eigenvalue weighted by Crippen LogP contribution is 2.70. The average Bonchev–Trinajstić information content (AvgIpc) is 1.71. The molecule has 1 aromatic rings. The van der Waals surface area contributed by atoms with Crippen LogP contribution in [0.5, 0.6) is 11.5 Å². The number of carbonyl (C=O) groups excluding carboxylic acids is 5. The standard InChI is InChI=1S/C59H91NO16S2Si/c1-31(2)26-39(60-53(65)75-54(11,12)13)46(76-79(32(3)4,33(5)6)34(7)8)52(64)70-41-29-59(66)50(73-51(63)38-27-37(67-19)22-23-40(38)68-20)48-57(18)42(28-43-58(48,30-69-43)74-36(10)61)71-49(57)47(45(35(41)9)56(59,16)17)72-44(62)24-25-55(14,15)78-77-21/h22-23,26-27,32-34,39,41-43,46-50,66H,24-25,28-30H2,1-21H3,(H,60,65)/t39-,41-,42+,43+,46+,47+,48-,49-,50-,57+,58-,59+/m0/s1. The van der Waals surface area contributed by atoms with Crippen LogP contribution in [-0.2, 0) is 52.0 Å². The Bertz CT molecular complexity index is 2500. The molecule has 79 heavy (non-hydrogen) atoms. The Morgan fingerprint density at radius 2 is 1.54 bits per heavy atom. The molecule has 0 unspecified atom stereocenters. The summed E-state index contributed by atoms with van der Waals surface area (Å²) < 4.78 is 64.4. The van der Waals surface area contributed by atoms with Crippen LogP contribution in [0.25, 0.3) is 0 Å². The molecular formula is C59H91NO16S2Si. The van der Waals surface area contributed by atoms with Crippen molar-refractivity contribution in [1.29, 1.82) is 0 Å². The van der Waals surface area contributed by atoms with Crippen LogP contribution in [0.1, 0.15) is 161 Å². The van der Waals surface area contributed by atoms with Gasteiger partial charge in [0.05, 0.1) is 38.9 Å². The maximum Gasteiger partial charge on any atom is 0.408 e. The van der Waals surface area contributed by atoms with Gasteiger partial charge in [-0.3, -0.25) is 9.59 Å². The fourth-order valence-corrected chi connectivity index (χ4v) is 21.7. The van der Waals surface area contributed by atoms with E-state index in [0.717, 1.165) is 5.57 Å². The summed E-state index contributed by atoms with van der Waals surface area (Å²) in [6.07, 6.45) is -4.51. The molecule has 2 saturated heterocycles. The number of fused-ring (bicyclic) bond motifs is 4. The number of hydrogen-bond donors (Lipinski definition) is 2. The number of rotatable bonds is 21. The van der Waals surface area contributed by atoms with E-state index in [1.165, 1.54) is 27.2 Å². The molecule has 2 heterocycles. The summed E-state index contributed by atoms with van der Waals surface area (Å²) in [7, 11) is 3.13. The molecular weight excluding hydrogens is 1070 g/mol. The van der Waals surface area contributed by atoms with E-state index in [9.17, 15) is 19.5 Å². The van der Waals surface area contributed by atoms with Gasteiger partial charge in [0.25, 0.3) is 0 Å². The molecule has 444 valence electrons. The Kier molecular flexibility index (Phi) is 19.4. The van der Waals surface area contributed by atoms with Gasteiger partial charge in [-0.05, 0) is 114 Å². The summed E-state index contributed by atoms with van der Waals surface area (Å²) in [6.45, 7) is 34.1. The Balaban J connectivity index is 1.64. The molecule has 3 aliphatic carbocycles. The summed E-state index contributed by atoms with van der Waals surface area (Å²) in [5, 5.41) is 17.5. The van der Waals surface area contributed by atoms with Crippen LogP contribution in [0.15, 0.2) is 41.0 Å². The second-order valence-corrected chi connectivity index (χ2v) is 34.3. The highest BCUT2D eigenvalue weighted by Gasteiger charge is 2.82. The maximum absolute atomic E-state index is 15.9. The fourth-order valence-electron chi connectivity index (χ4n) is 13.9. The lowest BCUT2D eigenvalue weighted by Gasteiger charge is -2.74. The molecule has 0 aromatic heterocycles. The molecule has 0 radical (unpaired) electrons. The number of esters is 4. The van der Waals surface area contributed by atoms with Gasteiger partial charge in [0, 0.05) is 41.8 Å². The van der Waals surface area contributed by atoms with Gasteiger partial charge in [-0.15, -0.1) is 0 Å². The van der Waals surface area contributed by atoms with Crippen LogP contribution in [-0.4, -0.2) is 141 Å². The number of benzene rings is 1. The van der Waals surface area contributed by atoms with Gasteiger partial charge < -0.3 is 57.5 Å². The summed E-state index contributed by atoms with van der Waals surface area (Å²) in [5.74, 6) is -3.46. The normalized spacial score (nSPS) is 29.7. The number of aliphatic hydroxyl groups is 1. The first-order chi connectivity index (χ1) is 36.5. The third-order valence-electron chi connectivity index (χ3n) is 17.5. The Hall–Kier alpha value is -3.79. The number of ether oxygens (including phenoxy) is 9. The van der Waals surface area contributed by atoms with Crippen LogP contribution < -0.4 is 14.8 Å². The number of alkyl carbamates (subject to hydrolysis) is 1. The Morgan fingerprint density at radius 3 is 2.06 bits per heavy atom. The SMILES string of the molecule is COc1ccc(OC)c(C(=O)O[C@H]2[C@@H]3[C@]4(OC(C)=O)CO[C@@H]4C[C@H]4O[C@@H]([C@H](OC(=O)CCC(C)(C)SSC)C5=C(C)[C@@H](OC(=O)[C@H](O[Si](C(C)C)(C(C)C)C(C)C)[C@H](C=C(C)C)NC(=O)OC(C)(C)C)C[C@]2(O)C5(C)C)[C@@]34C)c1. The zero-order valence-corrected chi connectivity index (χ0v) is 53.3. The quantitative estimate of drug-likeness (QED) is 0.0385. The van der Waals surface area contributed by atoms with Gasteiger partial charge in [-0.2, -0.15) is 0 Å². The van der Waals surface area contributed by atoms with Crippen molar-refractivity contribution in [1.82, 2.24) is 5.32 Å². The smallest absolute Gasteiger partial charge is 0.408 e. The third kappa shape index (κ3) is 12.2. The topological polar surface area (TPSA) is 210 Å². The largest absolute Gasteiger partial charge is 0.497 e. The van der Waals surface area contributed by atoms with Gasteiger partial charge in [0.1, 0.15) is 52.7 Å². The van der Waals surface area contributed by atoms with E-state index in [1.807, 2.05) is 27.0 Å². The lowest BCUT2D eigenvalue weighted by atomic mass is 9.42. The molecule has 5 aliphatic rings. The molecule has 2 N–H and O–H groups in total. The zero-order valence-electron chi connectivity index (χ0n) is 50.7. The van der Waals surface area contributed by atoms with Crippen molar-refractivity contribution >= 4 is 59.9 Å². The molecule has 1 aromatic carbocycles. The molecule has 12 atom stereocenters. The maximum atomic E-state index is 15.9. The first-order valence-corrected chi connectivity index (χ1v) is 32.5. The Morgan fingerprint density at radius 1 is 0.911 bits per heavy atom. The summed E-state index contributed by atoms with van der Waals surface area (Å²) in [4.78, 5) is 73.1. The molecule has 2 bridgehead atoms. The fraction of sp³-hybridized carbons (Fsp3) is 0.746. The van der Waals surface area contributed by atoms with Gasteiger partial charge >= 0.3 is 30.0 Å². The van der Waals surface area contributed by atoms with Gasteiger partial charge in [-0.25, -0.2) is 14.4 Å². The number of methoxy groups -OCH3 is 2. The van der Waals surface area contributed by atoms with Crippen molar-refractivity contribution in [2.45, 2.75) is 237 Å². The first kappa shape index (κ1) is 64.4. The van der Waals surface area contributed by atoms with Crippen molar-refractivity contribution in [3.05, 3.63) is 46.6 Å². The minimum absolute atomic E-state index is 0.0109. The lowest BCUT2D eigenvalue weighted by molar-refractivity contribution is -0.416. The van der Waals surface area contributed by atoms with Crippen LogP contribution in [0.3, 0.4) is 0 Å². The van der Waals surface area contributed by atoms with Gasteiger partial charge in [0.2, 0.25) is 8.32 Å². The van der Waals surface area contributed by atoms with Crippen LogP contribution in [0.4, 0.5) is 4.79 Å². The summed E-state index contributed by atoms with van der Waals surface area (Å²) in [5.41, 5.74) is -5.65. The van der Waals surface area contributed by atoms with E-state index in [2.05, 4.69) is 60.7 Å². The number of carbonyl (C=O) groups is 5. The van der Waals surface area contributed by atoms with Crippen LogP contribution in [0, 0.1) is 16.7 Å². The monoisotopic (exact) mass is 1160 g/mol.